The Morgan fingerprint density at radius 2 is 2.00 bits per heavy atom. The summed E-state index contributed by atoms with van der Waals surface area (Å²) in [5.41, 5.74) is -0.112. The highest BCUT2D eigenvalue weighted by Crippen LogP contribution is 2.50. The number of nitrogens with zero attached hydrogens (tertiary/aromatic N) is 3. The smallest absolute Gasteiger partial charge is 0.327 e. The SMILES string of the molecule is CC1(C)S[C@@H]2[C@@H](NC(=O)C(=NOc3ccccc3)c3csc(NC(=O)CCl)n3)C(=O)N2[C@H]1C(=O)O. The average molecular weight is 538 g/mol. The number of fused-ring (bicyclic) bond motifs is 1. The highest BCUT2D eigenvalue weighted by Gasteiger charge is 2.64. The molecule has 4 rings (SSSR count). The lowest BCUT2D eigenvalue weighted by Gasteiger charge is -2.43. The van der Waals surface area contributed by atoms with E-state index in [1.165, 1.54) is 22.0 Å². The predicted molar refractivity (Wildman–Crippen MR) is 131 cm³/mol. The molecule has 0 unspecified atom stereocenters. The van der Waals surface area contributed by atoms with Crippen LogP contribution < -0.4 is 15.5 Å². The molecule has 0 aliphatic carbocycles. The third-order valence-electron chi connectivity index (χ3n) is 5.28. The van der Waals surface area contributed by atoms with Gasteiger partial charge in [-0.15, -0.1) is 34.7 Å². The normalized spacial score (nSPS) is 22.7. The quantitative estimate of drug-likeness (QED) is 0.199. The predicted octanol–water partition coefficient (Wildman–Crippen LogP) is 1.74. The van der Waals surface area contributed by atoms with Crippen molar-refractivity contribution in [1.82, 2.24) is 15.2 Å². The van der Waals surface area contributed by atoms with E-state index in [9.17, 15) is 24.3 Å². The Labute approximate surface area is 212 Å². The fraction of sp³-hybridized carbons (Fsp3) is 0.333. The number of alkyl halides is 1. The second kappa shape index (κ2) is 9.84. The number of anilines is 1. The maximum Gasteiger partial charge on any atom is 0.327 e. The minimum absolute atomic E-state index is 0.111. The number of thiazole rings is 1. The lowest BCUT2D eigenvalue weighted by molar-refractivity contribution is -0.160. The number of aliphatic carboxylic acids is 1. The van der Waals surface area contributed by atoms with Gasteiger partial charge in [0.05, 0.1) is 0 Å². The van der Waals surface area contributed by atoms with Gasteiger partial charge in [0.15, 0.2) is 16.6 Å². The molecule has 0 spiro atoms. The number of thioether (sulfide) groups is 1. The molecule has 0 bridgehead atoms. The molecule has 3 heterocycles. The van der Waals surface area contributed by atoms with Gasteiger partial charge >= 0.3 is 5.97 Å². The maximum atomic E-state index is 13.2. The van der Waals surface area contributed by atoms with Gasteiger partial charge in [0.2, 0.25) is 11.8 Å². The molecule has 1 aromatic heterocycles. The number of carbonyl (C=O) groups excluding carboxylic acids is 3. The van der Waals surface area contributed by atoms with Crippen LogP contribution in [0.4, 0.5) is 5.13 Å². The third kappa shape index (κ3) is 4.97. The van der Waals surface area contributed by atoms with Crippen molar-refractivity contribution < 1.29 is 29.1 Å². The zero-order valence-electron chi connectivity index (χ0n) is 18.4. The zero-order chi connectivity index (χ0) is 25.3. The van der Waals surface area contributed by atoms with Crippen molar-refractivity contribution >= 4 is 69.2 Å². The minimum atomic E-state index is -1.10. The summed E-state index contributed by atoms with van der Waals surface area (Å²) in [5, 5.41) is 19.8. The summed E-state index contributed by atoms with van der Waals surface area (Å²) in [6, 6.07) is 6.59. The number of halogens is 1. The van der Waals surface area contributed by atoms with Crippen LogP contribution in [0, 0.1) is 0 Å². The van der Waals surface area contributed by atoms with Crippen LogP contribution in [0.15, 0.2) is 40.9 Å². The van der Waals surface area contributed by atoms with E-state index >= 15 is 0 Å². The molecule has 184 valence electrons. The Hall–Kier alpha value is -3.16. The molecule has 2 fully saturated rings. The van der Waals surface area contributed by atoms with Crippen molar-refractivity contribution in [3.05, 3.63) is 41.4 Å². The van der Waals surface area contributed by atoms with E-state index in [1.54, 1.807) is 44.2 Å². The summed E-state index contributed by atoms with van der Waals surface area (Å²) < 4.78 is -0.733. The van der Waals surface area contributed by atoms with Gasteiger partial charge < -0.3 is 25.5 Å². The molecule has 2 saturated heterocycles. The van der Waals surface area contributed by atoms with Crippen molar-refractivity contribution in [1.29, 1.82) is 0 Å². The van der Waals surface area contributed by atoms with E-state index in [0.717, 1.165) is 11.3 Å². The maximum absolute atomic E-state index is 13.2. The number of amides is 3. The summed E-state index contributed by atoms with van der Waals surface area (Å²) in [7, 11) is 0. The van der Waals surface area contributed by atoms with Gasteiger partial charge in [0, 0.05) is 10.1 Å². The molecule has 0 saturated carbocycles. The fourth-order valence-electron chi connectivity index (χ4n) is 3.73. The van der Waals surface area contributed by atoms with Crippen LogP contribution in [0.5, 0.6) is 5.75 Å². The molecule has 3 atom stereocenters. The Bertz CT molecular complexity index is 1200. The number of para-hydroxylation sites is 1. The van der Waals surface area contributed by atoms with Crippen LogP contribution in [0.3, 0.4) is 0 Å². The molecule has 14 heteroatoms. The minimum Gasteiger partial charge on any atom is -0.480 e. The molecular weight excluding hydrogens is 518 g/mol. The number of aromatic nitrogens is 1. The monoisotopic (exact) mass is 537 g/mol. The van der Waals surface area contributed by atoms with E-state index in [2.05, 4.69) is 20.8 Å². The Morgan fingerprint density at radius 1 is 1.29 bits per heavy atom. The lowest BCUT2D eigenvalue weighted by atomic mass is 9.96. The Morgan fingerprint density at radius 3 is 2.66 bits per heavy atom. The summed E-state index contributed by atoms with van der Waals surface area (Å²) in [4.78, 5) is 60.1. The molecule has 2 aromatic rings. The number of benzene rings is 1. The second-order valence-electron chi connectivity index (χ2n) is 8.11. The van der Waals surface area contributed by atoms with Gasteiger partial charge in [-0.3, -0.25) is 14.4 Å². The largest absolute Gasteiger partial charge is 0.480 e. The van der Waals surface area contributed by atoms with Crippen molar-refractivity contribution in [2.45, 2.75) is 36.1 Å². The van der Waals surface area contributed by atoms with Crippen LogP contribution >= 0.6 is 34.7 Å². The van der Waals surface area contributed by atoms with E-state index in [4.69, 9.17) is 16.4 Å². The van der Waals surface area contributed by atoms with E-state index < -0.39 is 45.9 Å². The first-order valence-electron chi connectivity index (χ1n) is 10.3. The molecule has 1 aromatic carbocycles. The first kappa shape index (κ1) is 24.9. The van der Waals surface area contributed by atoms with Crippen molar-refractivity contribution in [2.75, 3.05) is 11.2 Å². The topological polar surface area (TPSA) is 150 Å². The molecular formula is C21H20ClN5O6S2. The zero-order valence-corrected chi connectivity index (χ0v) is 20.8. The summed E-state index contributed by atoms with van der Waals surface area (Å²) in [5.74, 6) is -2.70. The Kier molecular flexibility index (Phi) is 7.01. The van der Waals surface area contributed by atoms with Gasteiger partial charge in [0.25, 0.3) is 5.91 Å². The average Bonchev–Trinajstić information content (AvgIpc) is 3.38. The molecule has 3 amide bonds. The number of carbonyl (C=O) groups is 4. The van der Waals surface area contributed by atoms with Gasteiger partial charge in [-0.2, -0.15) is 0 Å². The first-order chi connectivity index (χ1) is 16.6. The van der Waals surface area contributed by atoms with Crippen molar-refractivity contribution in [2.24, 2.45) is 5.16 Å². The molecule has 2 aliphatic rings. The summed E-state index contributed by atoms with van der Waals surface area (Å²) in [6.07, 6.45) is 0. The molecule has 2 aliphatic heterocycles. The van der Waals surface area contributed by atoms with Crippen molar-refractivity contribution in [3.63, 3.8) is 0 Å². The fourth-order valence-corrected chi connectivity index (χ4v) is 6.14. The van der Waals surface area contributed by atoms with Gasteiger partial charge in [-0.05, 0) is 26.0 Å². The number of nitrogens with one attached hydrogen (secondary N) is 2. The molecule has 3 N–H and O–H groups in total. The number of hydrogen-bond acceptors (Lipinski definition) is 9. The Balaban J connectivity index is 1.56. The van der Waals surface area contributed by atoms with Gasteiger partial charge in [-0.25, -0.2) is 9.78 Å². The van der Waals surface area contributed by atoms with Crippen LogP contribution in [-0.2, 0) is 19.2 Å². The van der Waals surface area contributed by atoms with Gasteiger partial charge in [0.1, 0.15) is 29.0 Å². The van der Waals surface area contributed by atoms with Crippen LogP contribution in [0.2, 0.25) is 0 Å². The highest BCUT2D eigenvalue weighted by atomic mass is 35.5. The molecule has 0 radical (unpaired) electrons. The highest BCUT2D eigenvalue weighted by molar-refractivity contribution is 8.01. The number of carboxylic acids is 1. The van der Waals surface area contributed by atoms with Crippen LogP contribution in [-0.4, -0.2) is 72.5 Å². The lowest BCUT2D eigenvalue weighted by Crippen LogP contribution is -2.71. The number of carboxylic acid groups (broad SMARTS) is 1. The van der Waals surface area contributed by atoms with E-state index in [-0.39, 0.29) is 22.4 Å². The number of hydrogen-bond donors (Lipinski definition) is 3. The van der Waals surface area contributed by atoms with Gasteiger partial charge in [-0.1, -0.05) is 23.4 Å². The van der Waals surface area contributed by atoms with Crippen LogP contribution in [0.25, 0.3) is 0 Å². The summed E-state index contributed by atoms with van der Waals surface area (Å²) >= 11 is 7.87. The third-order valence-corrected chi connectivity index (χ3v) is 7.85. The number of oxime groups is 1. The second-order valence-corrected chi connectivity index (χ2v) is 11.0. The van der Waals surface area contributed by atoms with Crippen molar-refractivity contribution in [3.8, 4) is 5.75 Å². The molecule has 35 heavy (non-hydrogen) atoms. The first-order valence-corrected chi connectivity index (χ1v) is 12.6. The number of rotatable bonds is 8. The van der Waals surface area contributed by atoms with Crippen LogP contribution in [0.1, 0.15) is 19.5 Å². The van der Waals surface area contributed by atoms with E-state index in [0.29, 0.717) is 5.75 Å². The molecule has 11 nitrogen and oxygen atoms in total. The number of β-lactam (4-membered cyclic amide) rings is 1. The standard InChI is InChI=1S/C21H20ClN5O6S2/c1-21(2)15(19(31)32)27-17(30)14(18(27)35-21)25-16(29)13(26-33-10-6-4-3-5-7-10)11-9-34-20(23-11)24-12(28)8-22/h3-7,9,14-15,18H,8H2,1-2H3,(H,25,29)(H,31,32)(H,23,24,28)/t14-,15-,18+/m0/s1. The summed E-state index contributed by atoms with van der Waals surface area (Å²) in [6.45, 7) is 3.49. The van der Waals surface area contributed by atoms with E-state index in [1.807, 2.05) is 0 Å².